The Morgan fingerprint density at radius 1 is 1.11 bits per heavy atom. The van der Waals surface area contributed by atoms with Crippen LogP contribution in [0, 0.1) is 0 Å². The van der Waals surface area contributed by atoms with Crippen molar-refractivity contribution in [1.29, 1.82) is 0 Å². The van der Waals surface area contributed by atoms with Gasteiger partial charge in [-0.25, -0.2) is 4.68 Å². The Morgan fingerprint density at radius 2 is 1.94 bits per heavy atom. The first-order valence-electron chi connectivity index (χ1n) is 5.63. The molecule has 1 aromatic carbocycles. The van der Waals surface area contributed by atoms with Gasteiger partial charge in [-0.1, -0.05) is 0 Å². The molecule has 0 bridgehead atoms. The maximum Gasteiger partial charge on any atom is 0.209 e. The summed E-state index contributed by atoms with van der Waals surface area (Å²) in [6.45, 7) is 0. The third kappa shape index (κ3) is 1.84. The summed E-state index contributed by atoms with van der Waals surface area (Å²) in [7, 11) is 0. The van der Waals surface area contributed by atoms with Crippen LogP contribution in [0.1, 0.15) is 16.1 Å². The van der Waals surface area contributed by atoms with E-state index in [1.807, 2.05) is 30.5 Å². The zero-order valence-corrected chi connectivity index (χ0v) is 9.58. The highest BCUT2D eigenvalue weighted by Gasteiger charge is 2.09. The highest BCUT2D eigenvalue weighted by atomic mass is 16.1. The Kier molecular flexibility index (Phi) is 2.53. The van der Waals surface area contributed by atoms with Gasteiger partial charge in [-0.3, -0.25) is 4.79 Å². The third-order valence-corrected chi connectivity index (χ3v) is 2.74. The molecule has 3 aromatic rings. The van der Waals surface area contributed by atoms with Crippen LogP contribution in [-0.4, -0.2) is 20.5 Å². The van der Waals surface area contributed by atoms with Crippen LogP contribution < -0.4 is 0 Å². The summed E-state index contributed by atoms with van der Waals surface area (Å²) < 4.78 is 1.75. The van der Waals surface area contributed by atoms with Gasteiger partial charge in [0.2, 0.25) is 5.78 Å². The van der Waals surface area contributed by atoms with E-state index in [2.05, 4.69) is 10.1 Å². The molecule has 0 aliphatic rings. The number of hydrogen-bond acceptors (Lipinski definition) is 2. The number of nitrogens with zero attached hydrogens (tertiary/aromatic N) is 2. The number of aromatic amines is 1. The zero-order chi connectivity index (χ0) is 12.4. The predicted octanol–water partition coefficient (Wildman–Crippen LogP) is 2.43. The van der Waals surface area contributed by atoms with Crippen LogP contribution in [-0.2, 0) is 0 Å². The van der Waals surface area contributed by atoms with E-state index in [4.69, 9.17) is 0 Å². The summed E-state index contributed by atoms with van der Waals surface area (Å²) in [5, 5.41) is 4.14. The van der Waals surface area contributed by atoms with Gasteiger partial charge in [-0.2, -0.15) is 5.10 Å². The van der Waals surface area contributed by atoms with E-state index in [9.17, 15) is 4.79 Å². The minimum Gasteiger partial charge on any atom is -0.359 e. The highest BCUT2D eigenvalue weighted by molar-refractivity contribution is 6.07. The van der Waals surface area contributed by atoms with Crippen LogP contribution in [0.2, 0.25) is 0 Å². The van der Waals surface area contributed by atoms with Gasteiger partial charge in [-0.15, -0.1) is 0 Å². The van der Waals surface area contributed by atoms with Crippen LogP contribution in [0.25, 0.3) is 5.69 Å². The fraction of sp³-hybridized carbons (Fsp3) is 0. The number of hydrogen-bond donors (Lipinski definition) is 1. The Hall–Kier alpha value is -2.62. The van der Waals surface area contributed by atoms with E-state index >= 15 is 0 Å². The molecule has 0 amide bonds. The van der Waals surface area contributed by atoms with Gasteiger partial charge >= 0.3 is 0 Å². The molecular weight excluding hydrogens is 226 g/mol. The number of H-pyrrole nitrogens is 1. The quantitative estimate of drug-likeness (QED) is 0.711. The molecule has 3 rings (SSSR count). The maximum absolute atomic E-state index is 12.1. The van der Waals surface area contributed by atoms with Crippen molar-refractivity contribution in [2.75, 3.05) is 0 Å². The monoisotopic (exact) mass is 237 g/mol. The highest BCUT2D eigenvalue weighted by Crippen LogP contribution is 2.12. The number of carbonyl (C=O) groups excluding carboxylic acids is 1. The second kappa shape index (κ2) is 4.33. The molecule has 0 aliphatic carbocycles. The first-order chi connectivity index (χ1) is 8.84. The number of aromatic nitrogens is 3. The van der Waals surface area contributed by atoms with Crippen molar-refractivity contribution in [3.05, 3.63) is 72.3 Å². The second-order valence-electron chi connectivity index (χ2n) is 3.91. The fourth-order valence-electron chi connectivity index (χ4n) is 1.81. The number of rotatable bonds is 3. The number of nitrogens with one attached hydrogen (secondary N) is 1. The SMILES string of the molecule is O=C(c1ccc(-n2cccn2)cc1)c1ccc[nH]1. The molecule has 0 radical (unpaired) electrons. The van der Waals surface area contributed by atoms with Gasteiger partial charge in [0.15, 0.2) is 0 Å². The van der Waals surface area contributed by atoms with Gasteiger partial charge in [0.25, 0.3) is 0 Å². The molecular formula is C14H11N3O. The zero-order valence-electron chi connectivity index (χ0n) is 9.58. The number of carbonyl (C=O) groups is 1. The molecule has 1 N–H and O–H groups in total. The average molecular weight is 237 g/mol. The Bertz CT molecular complexity index is 637. The van der Waals surface area contributed by atoms with Gasteiger partial charge in [0, 0.05) is 24.2 Å². The topological polar surface area (TPSA) is 50.7 Å². The molecule has 4 nitrogen and oxygen atoms in total. The minimum absolute atomic E-state index is 0.00739. The summed E-state index contributed by atoms with van der Waals surface area (Å²) in [6.07, 6.45) is 5.32. The van der Waals surface area contributed by atoms with Gasteiger partial charge in [0.1, 0.15) is 0 Å². The van der Waals surface area contributed by atoms with E-state index in [1.165, 1.54) is 0 Å². The lowest BCUT2D eigenvalue weighted by molar-refractivity contribution is 0.103. The standard InChI is InChI=1S/C14H11N3O/c18-14(13-3-1-8-15-13)11-4-6-12(7-5-11)17-10-2-9-16-17/h1-10,15H. The van der Waals surface area contributed by atoms with Crippen LogP contribution in [0.3, 0.4) is 0 Å². The molecule has 0 saturated heterocycles. The smallest absolute Gasteiger partial charge is 0.209 e. The summed E-state index contributed by atoms with van der Waals surface area (Å²) in [5.41, 5.74) is 2.19. The van der Waals surface area contributed by atoms with Crippen molar-refractivity contribution in [2.24, 2.45) is 0 Å². The molecule has 0 atom stereocenters. The van der Waals surface area contributed by atoms with E-state index in [0.717, 1.165) is 5.69 Å². The number of ketones is 1. The Balaban J connectivity index is 1.90. The van der Waals surface area contributed by atoms with Crippen molar-refractivity contribution in [3.8, 4) is 5.69 Å². The summed E-state index contributed by atoms with van der Waals surface area (Å²) in [5.74, 6) is -0.00739. The van der Waals surface area contributed by atoms with E-state index in [1.54, 1.807) is 35.3 Å². The lowest BCUT2D eigenvalue weighted by Gasteiger charge is -2.03. The van der Waals surface area contributed by atoms with Crippen molar-refractivity contribution >= 4 is 5.78 Å². The second-order valence-corrected chi connectivity index (χ2v) is 3.91. The van der Waals surface area contributed by atoms with Gasteiger partial charge < -0.3 is 4.98 Å². The van der Waals surface area contributed by atoms with Crippen molar-refractivity contribution in [2.45, 2.75) is 0 Å². The molecule has 4 heteroatoms. The normalized spacial score (nSPS) is 10.4. The number of benzene rings is 1. The van der Waals surface area contributed by atoms with Crippen LogP contribution in [0.15, 0.2) is 61.1 Å². The predicted molar refractivity (Wildman–Crippen MR) is 67.8 cm³/mol. The first-order valence-corrected chi connectivity index (χ1v) is 5.63. The van der Waals surface area contributed by atoms with Crippen LogP contribution >= 0.6 is 0 Å². The average Bonchev–Trinajstić information content (AvgIpc) is 3.11. The summed E-state index contributed by atoms with van der Waals surface area (Å²) in [6, 6.07) is 12.8. The third-order valence-electron chi connectivity index (χ3n) is 2.74. The molecule has 88 valence electrons. The van der Waals surface area contributed by atoms with Crippen molar-refractivity contribution in [3.63, 3.8) is 0 Å². The maximum atomic E-state index is 12.1. The molecule has 18 heavy (non-hydrogen) atoms. The Morgan fingerprint density at radius 3 is 2.56 bits per heavy atom. The molecule has 2 heterocycles. The van der Waals surface area contributed by atoms with Crippen molar-refractivity contribution in [1.82, 2.24) is 14.8 Å². The molecule has 0 unspecified atom stereocenters. The van der Waals surface area contributed by atoms with Gasteiger partial charge in [-0.05, 0) is 42.5 Å². The summed E-state index contributed by atoms with van der Waals surface area (Å²) >= 11 is 0. The molecule has 0 aliphatic heterocycles. The van der Waals surface area contributed by atoms with Gasteiger partial charge in [0.05, 0.1) is 11.4 Å². The van der Waals surface area contributed by atoms with E-state index in [-0.39, 0.29) is 5.78 Å². The first kappa shape index (κ1) is 10.5. The lowest BCUT2D eigenvalue weighted by Crippen LogP contribution is -2.02. The molecule has 2 aromatic heterocycles. The van der Waals surface area contributed by atoms with E-state index < -0.39 is 0 Å². The van der Waals surface area contributed by atoms with Crippen molar-refractivity contribution < 1.29 is 4.79 Å². The lowest BCUT2D eigenvalue weighted by atomic mass is 10.1. The Labute approximate surface area is 104 Å². The summed E-state index contributed by atoms with van der Waals surface area (Å²) in [4.78, 5) is 15.0. The largest absolute Gasteiger partial charge is 0.359 e. The van der Waals surface area contributed by atoms with E-state index in [0.29, 0.717) is 11.3 Å². The minimum atomic E-state index is -0.00739. The molecule has 0 spiro atoms. The molecule has 0 saturated carbocycles. The van der Waals surface area contributed by atoms with Crippen LogP contribution in [0.4, 0.5) is 0 Å². The van der Waals surface area contributed by atoms with Crippen LogP contribution in [0.5, 0.6) is 0 Å². The fourth-order valence-corrected chi connectivity index (χ4v) is 1.81. The molecule has 0 fully saturated rings.